The zero-order valence-corrected chi connectivity index (χ0v) is 15.2. The van der Waals surface area contributed by atoms with Gasteiger partial charge in [-0.3, -0.25) is 0 Å². The summed E-state index contributed by atoms with van der Waals surface area (Å²) >= 11 is 0. The Bertz CT molecular complexity index is 817. The number of anilines is 1. The van der Waals surface area contributed by atoms with Crippen molar-refractivity contribution in [2.75, 3.05) is 18.0 Å². The van der Waals surface area contributed by atoms with Crippen LogP contribution in [0.25, 0.3) is 0 Å². The molecule has 2 aromatic rings. The first kappa shape index (κ1) is 18.6. The Balaban J connectivity index is 1.50. The monoisotopic (exact) mass is 369 g/mol. The Kier molecular flexibility index (Phi) is 5.85. The van der Waals surface area contributed by atoms with Gasteiger partial charge in [-0.25, -0.2) is 19.6 Å². The average Bonchev–Trinajstić information content (AvgIpc) is 3.19. The van der Waals surface area contributed by atoms with E-state index in [2.05, 4.69) is 25.5 Å². The number of benzene rings is 1. The van der Waals surface area contributed by atoms with Crippen LogP contribution in [-0.2, 0) is 13.1 Å². The molecule has 0 atom stereocenters. The average molecular weight is 369 g/mol. The second-order valence-electron chi connectivity index (χ2n) is 6.53. The number of nitrogens with one attached hydrogen (secondary N) is 2. The van der Waals surface area contributed by atoms with Crippen LogP contribution in [0.3, 0.4) is 0 Å². The summed E-state index contributed by atoms with van der Waals surface area (Å²) in [6.45, 7) is 4.49. The van der Waals surface area contributed by atoms with E-state index in [1.165, 1.54) is 12.1 Å². The van der Waals surface area contributed by atoms with Gasteiger partial charge < -0.3 is 20.6 Å². The van der Waals surface area contributed by atoms with E-state index in [4.69, 9.17) is 5.11 Å². The van der Waals surface area contributed by atoms with Gasteiger partial charge in [-0.15, -0.1) is 0 Å². The molecule has 2 amide bonds. The van der Waals surface area contributed by atoms with E-state index in [9.17, 15) is 9.59 Å². The molecule has 8 nitrogen and oxygen atoms in total. The molecular weight excluding hydrogens is 346 g/mol. The number of rotatable bonds is 6. The molecule has 1 saturated heterocycles. The van der Waals surface area contributed by atoms with Crippen LogP contribution in [0.15, 0.2) is 30.3 Å². The number of carbonyl (C=O) groups excluding carboxylic acids is 1. The van der Waals surface area contributed by atoms with Crippen LogP contribution in [0, 0.1) is 6.92 Å². The number of amides is 2. The van der Waals surface area contributed by atoms with Crippen molar-refractivity contribution in [3.63, 3.8) is 0 Å². The Morgan fingerprint density at radius 2 is 1.74 bits per heavy atom. The molecule has 1 aromatic heterocycles. The second-order valence-corrected chi connectivity index (χ2v) is 6.53. The highest BCUT2D eigenvalue weighted by atomic mass is 16.4. The molecule has 27 heavy (non-hydrogen) atoms. The highest BCUT2D eigenvalue weighted by Gasteiger charge is 2.16. The molecule has 0 saturated carbocycles. The molecule has 3 rings (SSSR count). The van der Waals surface area contributed by atoms with Crippen LogP contribution >= 0.6 is 0 Å². The maximum Gasteiger partial charge on any atom is 0.335 e. The largest absolute Gasteiger partial charge is 0.478 e. The topological polar surface area (TPSA) is 107 Å². The summed E-state index contributed by atoms with van der Waals surface area (Å²) in [5.74, 6) is -0.246. The Morgan fingerprint density at radius 3 is 2.41 bits per heavy atom. The number of carboxylic acids is 1. The minimum Gasteiger partial charge on any atom is -0.478 e. The van der Waals surface area contributed by atoms with Crippen LogP contribution in [-0.4, -0.2) is 40.2 Å². The summed E-state index contributed by atoms with van der Waals surface area (Å²) in [6.07, 6.45) is 2.31. The fourth-order valence-corrected chi connectivity index (χ4v) is 2.95. The Labute approximate surface area is 157 Å². The summed E-state index contributed by atoms with van der Waals surface area (Å²) in [7, 11) is 0. The fraction of sp³-hybridized carbons (Fsp3) is 0.368. The van der Waals surface area contributed by atoms with Crippen LogP contribution in [0.5, 0.6) is 0 Å². The van der Waals surface area contributed by atoms with Crippen LogP contribution < -0.4 is 15.5 Å². The SMILES string of the molecule is Cc1cc(CNC(=O)NCc2ccc(C(=O)O)cc2)nc(N2CCCC2)n1. The number of urea groups is 1. The lowest BCUT2D eigenvalue weighted by molar-refractivity contribution is 0.0697. The number of carbonyl (C=O) groups is 2. The summed E-state index contributed by atoms with van der Waals surface area (Å²) in [5.41, 5.74) is 2.69. The third-order valence-electron chi connectivity index (χ3n) is 4.37. The van der Waals surface area contributed by atoms with Gasteiger partial charge in [-0.05, 0) is 43.5 Å². The maximum absolute atomic E-state index is 12.0. The lowest BCUT2D eigenvalue weighted by Gasteiger charge is -2.16. The van der Waals surface area contributed by atoms with Gasteiger partial charge >= 0.3 is 12.0 Å². The molecule has 1 fully saturated rings. The Hall–Kier alpha value is -3.16. The van der Waals surface area contributed by atoms with Crippen molar-refractivity contribution in [3.05, 3.63) is 52.8 Å². The molecule has 0 aliphatic carbocycles. The predicted octanol–water partition coefficient (Wildman–Crippen LogP) is 2.08. The van der Waals surface area contributed by atoms with E-state index in [1.54, 1.807) is 12.1 Å². The van der Waals surface area contributed by atoms with E-state index in [0.29, 0.717) is 13.1 Å². The predicted molar refractivity (Wildman–Crippen MR) is 101 cm³/mol. The number of aromatic nitrogens is 2. The number of hydrogen-bond donors (Lipinski definition) is 3. The smallest absolute Gasteiger partial charge is 0.335 e. The molecule has 142 valence electrons. The van der Waals surface area contributed by atoms with E-state index in [1.807, 2.05) is 13.0 Å². The van der Waals surface area contributed by atoms with Gasteiger partial charge in [0.25, 0.3) is 0 Å². The zero-order valence-electron chi connectivity index (χ0n) is 15.2. The van der Waals surface area contributed by atoms with Crippen molar-refractivity contribution < 1.29 is 14.7 Å². The van der Waals surface area contributed by atoms with Gasteiger partial charge in [0, 0.05) is 25.3 Å². The van der Waals surface area contributed by atoms with Crippen molar-refractivity contribution in [3.8, 4) is 0 Å². The summed E-state index contributed by atoms with van der Waals surface area (Å²) in [5, 5.41) is 14.4. The van der Waals surface area contributed by atoms with Gasteiger partial charge in [-0.1, -0.05) is 12.1 Å². The molecule has 8 heteroatoms. The molecule has 0 bridgehead atoms. The van der Waals surface area contributed by atoms with Crippen molar-refractivity contribution in [1.82, 2.24) is 20.6 Å². The van der Waals surface area contributed by atoms with Crippen LogP contribution in [0.4, 0.5) is 10.7 Å². The summed E-state index contributed by atoms with van der Waals surface area (Å²) in [6, 6.07) is 7.95. The van der Waals surface area contributed by atoms with Crippen molar-refractivity contribution in [2.24, 2.45) is 0 Å². The summed E-state index contributed by atoms with van der Waals surface area (Å²) < 4.78 is 0. The summed E-state index contributed by atoms with van der Waals surface area (Å²) in [4.78, 5) is 34.1. The molecule has 3 N–H and O–H groups in total. The number of carboxylic acid groups (broad SMARTS) is 1. The minimum atomic E-state index is -0.972. The van der Waals surface area contributed by atoms with Crippen LogP contribution in [0.2, 0.25) is 0 Å². The van der Waals surface area contributed by atoms with Crippen LogP contribution in [0.1, 0.15) is 40.2 Å². The first-order valence-corrected chi connectivity index (χ1v) is 8.95. The lowest BCUT2D eigenvalue weighted by atomic mass is 10.1. The second kappa shape index (κ2) is 8.48. The van der Waals surface area contributed by atoms with E-state index >= 15 is 0 Å². The van der Waals surface area contributed by atoms with Crippen molar-refractivity contribution in [2.45, 2.75) is 32.9 Å². The first-order chi connectivity index (χ1) is 13.0. The van der Waals surface area contributed by atoms with E-state index in [-0.39, 0.29) is 11.6 Å². The molecule has 0 radical (unpaired) electrons. The van der Waals surface area contributed by atoms with E-state index in [0.717, 1.165) is 48.8 Å². The normalized spacial score (nSPS) is 13.4. The minimum absolute atomic E-state index is 0.219. The number of aromatic carboxylic acids is 1. The Morgan fingerprint density at radius 1 is 1.07 bits per heavy atom. The lowest BCUT2D eigenvalue weighted by Crippen LogP contribution is -2.35. The van der Waals surface area contributed by atoms with Crippen molar-refractivity contribution in [1.29, 1.82) is 0 Å². The maximum atomic E-state index is 12.0. The highest BCUT2D eigenvalue weighted by molar-refractivity contribution is 5.87. The van der Waals surface area contributed by atoms with Gasteiger partial charge in [0.1, 0.15) is 0 Å². The van der Waals surface area contributed by atoms with Gasteiger partial charge in [0.05, 0.1) is 17.8 Å². The standard InChI is InChI=1S/C19H23N5O3/c1-13-10-16(23-18(22-13)24-8-2-3-9-24)12-21-19(27)20-11-14-4-6-15(7-5-14)17(25)26/h4-7,10H,2-3,8-9,11-12H2,1H3,(H,25,26)(H2,20,21,27). The van der Waals surface area contributed by atoms with E-state index < -0.39 is 5.97 Å². The molecule has 1 aliphatic rings. The fourth-order valence-electron chi connectivity index (χ4n) is 2.95. The molecule has 0 unspecified atom stereocenters. The molecular formula is C19H23N5O3. The third kappa shape index (κ3) is 5.16. The van der Waals surface area contributed by atoms with Crippen molar-refractivity contribution >= 4 is 17.9 Å². The quantitative estimate of drug-likeness (QED) is 0.720. The third-order valence-corrected chi connectivity index (χ3v) is 4.37. The highest BCUT2D eigenvalue weighted by Crippen LogP contribution is 2.16. The number of nitrogens with zero attached hydrogens (tertiary/aromatic N) is 3. The van der Waals surface area contributed by atoms with Gasteiger partial charge in [0.15, 0.2) is 0 Å². The molecule has 1 aromatic carbocycles. The number of hydrogen-bond acceptors (Lipinski definition) is 5. The molecule has 0 spiro atoms. The first-order valence-electron chi connectivity index (χ1n) is 8.95. The molecule has 2 heterocycles. The van der Waals surface area contributed by atoms with Gasteiger partial charge in [0.2, 0.25) is 5.95 Å². The van der Waals surface area contributed by atoms with Gasteiger partial charge in [-0.2, -0.15) is 0 Å². The molecule has 1 aliphatic heterocycles. The number of aryl methyl sites for hydroxylation is 1. The zero-order chi connectivity index (χ0) is 19.2.